The molecule has 0 unspecified atom stereocenters. The predicted octanol–water partition coefficient (Wildman–Crippen LogP) is 4.66. The minimum absolute atomic E-state index is 0.0720. The van der Waals surface area contributed by atoms with Gasteiger partial charge in [0.1, 0.15) is 0 Å². The van der Waals surface area contributed by atoms with E-state index in [9.17, 15) is 4.79 Å². The highest BCUT2D eigenvalue weighted by Crippen LogP contribution is 2.26. The van der Waals surface area contributed by atoms with Gasteiger partial charge in [0.25, 0.3) is 5.91 Å². The second-order valence-electron chi connectivity index (χ2n) is 7.67. The fourth-order valence-corrected chi connectivity index (χ4v) is 4.27. The van der Waals surface area contributed by atoms with Crippen molar-refractivity contribution in [2.75, 3.05) is 19.6 Å². The molecule has 3 heterocycles. The van der Waals surface area contributed by atoms with E-state index in [1.165, 1.54) is 19.3 Å². The average molecular weight is 453 g/mol. The SMILES string of the molecule is C[C@@H](CN1CCCCC1)NC(=O)c1cc(-c2ccccn2)nc2ccc(Br)cc12. The second-order valence-corrected chi connectivity index (χ2v) is 8.58. The Hall–Kier alpha value is -2.31. The third kappa shape index (κ3) is 4.82. The van der Waals surface area contributed by atoms with E-state index in [1.54, 1.807) is 6.20 Å². The van der Waals surface area contributed by atoms with Gasteiger partial charge in [-0.15, -0.1) is 0 Å². The maximum atomic E-state index is 13.2. The number of halogens is 1. The first kappa shape index (κ1) is 20.0. The molecule has 3 aromatic rings. The normalized spacial score (nSPS) is 15.9. The van der Waals surface area contributed by atoms with Crippen LogP contribution in [0.15, 0.2) is 53.1 Å². The molecule has 1 aromatic carbocycles. The summed E-state index contributed by atoms with van der Waals surface area (Å²) >= 11 is 3.52. The van der Waals surface area contributed by atoms with Crippen molar-refractivity contribution < 1.29 is 4.79 Å². The van der Waals surface area contributed by atoms with Crippen LogP contribution >= 0.6 is 15.9 Å². The minimum atomic E-state index is -0.0720. The molecule has 1 atom stereocenters. The van der Waals surface area contributed by atoms with E-state index < -0.39 is 0 Å². The Balaban J connectivity index is 1.63. The van der Waals surface area contributed by atoms with E-state index in [-0.39, 0.29) is 11.9 Å². The smallest absolute Gasteiger partial charge is 0.252 e. The van der Waals surface area contributed by atoms with Crippen LogP contribution in [0.25, 0.3) is 22.3 Å². The summed E-state index contributed by atoms with van der Waals surface area (Å²) in [5.74, 6) is -0.0720. The van der Waals surface area contributed by atoms with E-state index >= 15 is 0 Å². The summed E-state index contributed by atoms with van der Waals surface area (Å²) in [5.41, 5.74) is 2.87. The number of piperidine rings is 1. The van der Waals surface area contributed by atoms with Crippen molar-refractivity contribution in [3.8, 4) is 11.4 Å². The third-order valence-electron chi connectivity index (χ3n) is 5.30. The molecular formula is C23H25BrN4O. The molecule has 29 heavy (non-hydrogen) atoms. The van der Waals surface area contributed by atoms with Crippen LogP contribution in [0.3, 0.4) is 0 Å². The largest absolute Gasteiger partial charge is 0.348 e. The predicted molar refractivity (Wildman–Crippen MR) is 120 cm³/mol. The number of nitrogens with zero attached hydrogens (tertiary/aromatic N) is 3. The van der Waals surface area contributed by atoms with Crippen molar-refractivity contribution in [2.45, 2.75) is 32.2 Å². The highest BCUT2D eigenvalue weighted by atomic mass is 79.9. The lowest BCUT2D eigenvalue weighted by molar-refractivity contribution is 0.0927. The third-order valence-corrected chi connectivity index (χ3v) is 5.79. The molecule has 4 rings (SSSR count). The molecular weight excluding hydrogens is 428 g/mol. The van der Waals surface area contributed by atoms with Crippen molar-refractivity contribution in [2.24, 2.45) is 0 Å². The van der Waals surface area contributed by atoms with Gasteiger partial charge >= 0.3 is 0 Å². The second kappa shape index (κ2) is 9.01. The van der Waals surface area contributed by atoms with Gasteiger partial charge in [0.2, 0.25) is 0 Å². The van der Waals surface area contributed by atoms with Crippen molar-refractivity contribution >= 4 is 32.7 Å². The number of hydrogen-bond donors (Lipinski definition) is 1. The lowest BCUT2D eigenvalue weighted by atomic mass is 10.0. The van der Waals surface area contributed by atoms with Gasteiger partial charge in [-0.1, -0.05) is 28.4 Å². The molecule has 1 saturated heterocycles. The van der Waals surface area contributed by atoms with Crippen LogP contribution in [-0.4, -0.2) is 46.5 Å². The van der Waals surface area contributed by atoms with E-state index in [2.05, 4.69) is 38.1 Å². The van der Waals surface area contributed by atoms with Crippen LogP contribution in [0.1, 0.15) is 36.5 Å². The standard InChI is InChI=1S/C23H25BrN4O/c1-16(15-28-11-5-2-6-12-28)26-23(29)19-14-22(21-7-3-4-10-25-21)27-20-9-8-17(24)13-18(19)20/h3-4,7-10,13-14,16H,2,5-6,11-12,15H2,1H3,(H,26,29)/t16-/m0/s1. The lowest BCUT2D eigenvalue weighted by Gasteiger charge is -2.29. The molecule has 150 valence electrons. The highest BCUT2D eigenvalue weighted by molar-refractivity contribution is 9.10. The van der Waals surface area contributed by atoms with E-state index in [0.717, 1.165) is 40.7 Å². The van der Waals surface area contributed by atoms with Gasteiger partial charge in [0.15, 0.2) is 0 Å². The molecule has 1 N–H and O–H groups in total. The summed E-state index contributed by atoms with van der Waals surface area (Å²) in [6.45, 7) is 5.20. The molecule has 5 nitrogen and oxygen atoms in total. The maximum absolute atomic E-state index is 13.2. The van der Waals surface area contributed by atoms with Gasteiger partial charge < -0.3 is 10.2 Å². The number of benzene rings is 1. The number of amides is 1. The molecule has 1 amide bonds. The molecule has 0 aliphatic carbocycles. The van der Waals surface area contributed by atoms with E-state index in [4.69, 9.17) is 4.98 Å². The molecule has 2 aromatic heterocycles. The lowest BCUT2D eigenvalue weighted by Crippen LogP contribution is -2.43. The topological polar surface area (TPSA) is 58.1 Å². The summed E-state index contributed by atoms with van der Waals surface area (Å²) in [7, 11) is 0. The van der Waals surface area contributed by atoms with Crippen LogP contribution in [0.4, 0.5) is 0 Å². The zero-order valence-electron chi connectivity index (χ0n) is 16.6. The number of carbonyl (C=O) groups is 1. The summed E-state index contributed by atoms with van der Waals surface area (Å²) in [4.78, 5) is 24.8. The van der Waals surface area contributed by atoms with Crippen LogP contribution in [-0.2, 0) is 0 Å². The zero-order valence-corrected chi connectivity index (χ0v) is 18.2. The Morgan fingerprint density at radius 3 is 2.72 bits per heavy atom. The number of pyridine rings is 2. The molecule has 1 fully saturated rings. The Morgan fingerprint density at radius 1 is 1.14 bits per heavy atom. The monoisotopic (exact) mass is 452 g/mol. The molecule has 1 aliphatic rings. The summed E-state index contributed by atoms with van der Waals surface area (Å²) in [6, 6.07) is 13.5. The van der Waals surface area contributed by atoms with Crippen LogP contribution in [0.2, 0.25) is 0 Å². The first-order valence-corrected chi connectivity index (χ1v) is 10.9. The van der Waals surface area contributed by atoms with Crippen LogP contribution in [0.5, 0.6) is 0 Å². The average Bonchev–Trinajstić information content (AvgIpc) is 2.74. The molecule has 0 bridgehead atoms. The van der Waals surface area contributed by atoms with Gasteiger partial charge in [-0.25, -0.2) is 4.98 Å². The molecule has 1 aliphatic heterocycles. The van der Waals surface area contributed by atoms with Gasteiger partial charge in [-0.05, 0) is 69.3 Å². The minimum Gasteiger partial charge on any atom is -0.348 e. The number of fused-ring (bicyclic) bond motifs is 1. The van der Waals surface area contributed by atoms with Crippen LogP contribution < -0.4 is 5.32 Å². The van der Waals surface area contributed by atoms with Gasteiger partial charge in [-0.2, -0.15) is 0 Å². The van der Waals surface area contributed by atoms with Crippen molar-refractivity contribution in [3.05, 3.63) is 58.7 Å². The number of carbonyl (C=O) groups excluding carboxylic acids is 1. The highest BCUT2D eigenvalue weighted by Gasteiger charge is 2.19. The van der Waals surface area contributed by atoms with Crippen LogP contribution in [0, 0.1) is 0 Å². The number of nitrogens with one attached hydrogen (secondary N) is 1. The quantitative estimate of drug-likeness (QED) is 0.611. The molecule has 6 heteroatoms. The Bertz CT molecular complexity index is 1000. The van der Waals surface area contributed by atoms with Gasteiger partial charge in [0, 0.05) is 28.6 Å². The summed E-state index contributed by atoms with van der Waals surface area (Å²) in [5, 5.41) is 4.02. The Labute approximate surface area is 179 Å². The number of likely N-dealkylation sites (tertiary alicyclic amines) is 1. The van der Waals surface area contributed by atoms with Gasteiger partial charge in [0.05, 0.1) is 22.5 Å². The first-order chi connectivity index (χ1) is 14.1. The molecule has 0 radical (unpaired) electrons. The van der Waals surface area contributed by atoms with Crippen molar-refractivity contribution in [1.82, 2.24) is 20.2 Å². The first-order valence-electron chi connectivity index (χ1n) is 10.1. The summed E-state index contributed by atoms with van der Waals surface area (Å²) < 4.78 is 0.924. The number of aromatic nitrogens is 2. The molecule has 0 saturated carbocycles. The van der Waals surface area contributed by atoms with E-state index in [0.29, 0.717) is 11.3 Å². The Morgan fingerprint density at radius 2 is 1.97 bits per heavy atom. The summed E-state index contributed by atoms with van der Waals surface area (Å²) in [6.07, 6.45) is 5.54. The van der Waals surface area contributed by atoms with E-state index in [1.807, 2.05) is 42.5 Å². The van der Waals surface area contributed by atoms with Crippen molar-refractivity contribution in [1.29, 1.82) is 0 Å². The Kier molecular flexibility index (Phi) is 6.21. The van der Waals surface area contributed by atoms with Crippen molar-refractivity contribution in [3.63, 3.8) is 0 Å². The van der Waals surface area contributed by atoms with Gasteiger partial charge in [-0.3, -0.25) is 9.78 Å². The maximum Gasteiger partial charge on any atom is 0.252 e. The number of rotatable bonds is 5. The zero-order chi connectivity index (χ0) is 20.2. The number of hydrogen-bond acceptors (Lipinski definition) is 4. The fourth-order valence-electron chi connectivity index (χ4n) is 3.91. The molecule has 0 spiro atoms. The fraction of sp³-hybridized carbons (Fsp3) is 0.348.